The molecule has 4 rings (SSSR count). The molecule has 0 aliphatic heterocycles. The molecule has 0 fully saturated rings. The largest absolute Gasteiger partial charge is 0.416 e. The number of rotatable bonds is 13. The Balaban J connectivity index is 0.000000347. The zero-order valence-electron chi connectivity index (χ0n) is 30.1. The molecule has 1 aliphatic rings. The van der Waals surface area contributed by atoms with Gasteiger partial charge < -0.3 is 5.32 Å². The van der Waals surface area contributed by atoms with Gasteiger partial charge in [0.05, 0.1) is 18.7 Å². The average Bonchev–Trinajstić information content (AvgIpc) is 3.56. The lowest BCUT2D eigenvalue weighted by Crippen LogP contribution is -2.33. The fourth-order valence-corrected chi connectivity index (χ4v) is 5.06. The highest BCUT2D eigenvalue weighted by molar-refractivity contribution is 6.03. The number of carbonyl (C=O) groups excluding carboxylic acids is 2. The highest BCUT2D eigenvalue weighted by Crippen LogP contribution is 2.31. The maximum atomic E-state index is 12.8. The van der Waals surface area contributed by atoms with Crippen molar-refractivity contribution in [1.82, 2.24) is 10.4 Å². The van der Waals surface area contributed by atoms with E-state index >= 15 is 0 Å². The predicted octanol–water partition coefficient (Wildman–Crippen LogP) is 9.92. The summed E-state index contributed by atoms with van der Waals surface area (Å²) in [4.78, 5) is 33.9. The molecule has 272 valence electrons. The summed E-state index contributed by atoms with van der Waals surface area (Å²) in [6.45, 7) is 13.8. The van der Waals surface area contributed by atoms with Crippen molar-refractivity contribution in [2.45, 2.75) is 92.8 Å². The number of halogens is 4. The number of aryl methyl sites for hydroxylation is 1. The van der Waals surface area contributed by atoms with E-state index < -0.39 is 11.7 Å². The Kier molecular flexibility index (Phi) is 18.3. The van der Waals surface area contributed by atoms with E-state index in [1.54, 1.807) is 19.1 Å². The first-order valence-corrected chi connectivity index (χ1v) is 17.3. The second-order valence-electron chi connectivity index (χ2n) is 11.6. The Morgan fingerprint density at radius 1 is 0.880 bits per heavy atom. The predicted molar refractivity (Wildman–Crippen MR) is 193 cm³/mol. The standard InChI is InChI=1S/C21H25F3N2O2.C17H20FNO.C2H6/c1-3-20(27)26(28-14-13-25-4-2)15-16-5-7-17(8-6-16)18-9-11-19(12-10-18)21(22,23)24;1-12-4-3-5-16(12)17(20)19-13(2)6-7-14-8-10-15(18)11-9-14;1-2/h5-12,25H,3-4,13-15H2,1-2H3;8-11H,3-7H2,1-2H3;1-2H3. The number of nitrogens with one attached hydrogen (secondary N) is 1. The maximum absolute atomic E-state index is 12.8. The third-order valence-corrected chi connectivity index (χ3v) is 7.92. The Bertz CT molecular complexity index is 1530. The Hall–Kier alpha value is -4.15. The first kappa shape index (κ1) is 42.0. The van der Waals surface area contributed by atoms with Crippen molar-refractivity contribution in [3.05, 3.63) is 106 Å². The van der Waals surface area contributed by atoms with Gasteiger partial charge in [0.1, 0.15) is 5.82 Å². The summed E-state index contributed by atoms with van der Waals surface area (Å²) in [5, 5.41) is 4.48. The molecule has 0 heterocycles. The van der Waals surface area contributed by atoms with Crippen LogP contribution in [0.5, 0.6) is 0 Å². The van der Waals surface area contributed by atoms with Gasteiger partial charge in [-0.2, -0.15) is 13.2 Å². The molecule has 3 aromatic rings. The molecule has 1 N–H and O–H groups in total. The van der Waals surface area contributed by atoms with Crippen LogP contribution in [0.3, 0.4) is 0 Å². The number of allylic oxidation sites excluding steroid dienone is 1. The van der Waals surface area contributed by atoms with Crippen molar-refractivity contribution in [3.8, 4) is 11.1 Å². The molecule has 0 aromatic heterocycles. The fourth-order valence-electron chi connectivity index (χ4n) is 5.06. The van der Waals surface area contributed by atoms with Crippen LogP contribution in [-0.4, -0.2) is 42.3 Å². The van der Waals surface area contributed by atoms with Crippen molar-refractivity contribution in [2.24, 2.45) is 4.99 Å². The number of carbonyl (C=O) groups is 2. The van der Waals surface area contributed by atoms with Gasteiger partial charge in [0, 0.05) is 24.3 Å². The number of alkyl halides is 3. The zero-order chi connectivity index (χ0) is 37.1. The van der Waals surface area contributed by atoms with Crippen molar-refractivity contribution in [2.75, 3.05) is 19.7 Å². The smallest absolute Gasteiger partial charge is 0.315 e. The lowest BCUT2D eigenvalue weighted by atomic mass is 10.0. The van der Waals surface area contributed by atoms with Crippen LogP contribution in [0, 0.1) is 5.82 Å². The van der Waals surface area contributed by atoms with Crippen LogP contribution in [0.15, 0.2) is 88.9 Å². The number of aliphatic imine (C=N–C) groups is 1. The number of benzene rings is 3. The first-order valence-electron chi connectivity index (χ1n) is 17.3. The number of hydrogen-bond donors (Lipinski definition) is 1. The normalized spacial score (nSPS) is 12.9. The van der Waals surface area contributed by atoms with E-state index in [0.29, 0.717) is 31.7 Å². The number of amides is 2. The van der Waals surface area contributed by atoms with Crippen LogP contribution in [0.1, 0.15) is 90.3 Å². The lowest BCUT2D eigenvalue weighted by molar-refractivity contribution is -0.189. The summed E-state index contributed by atoms with van der Waals surface area (Å²) in [6, 6.07) is 18.8. The Morgan fingerprint density at radius 3 is 1.98 bits per heavy atom. The third-order valence-electron chi connectivity index (χ3n) is 7.92. The van der Waals surface area contributed by atoms with Gasteiger partial charge in [0.2, 0.25) is 5.91 Å². The average molecular weight is 698 g/mol. The quantitative estimate of drug-likeness (QED) is 0.0836. The molecule has 50 heavy (non-hydrogen) atoms. The molecule has 2 amide bonds. The third kappa shape index (κ3) is 14.4. The molecular formula is C40H51F4N3O3. The number of likely N-dealkylation sites (N-methyl/N-ethyl adjacent to an activating group) is 1. The minimum Gasteiger partial charge on any atom is -0.315 e. The van der Waals surface area contributed by atoms with Crippen molar-refractivity contribution in [1.29, 1.82) is 0 Å². The van der Waals surface area contributed by atoms with Gasteiger partial charge in [-0.05, 0) is 99.0 Å². The van der Waals surface area contributed by atoms with E-state index in [0.717, 1.165) is 78.8 Å². The second-order valence-corrected chi connectivity index (χ2v) is 11.6. The van der Waals surface area contributed by atoms with Gasteiger partial charge >= 0.3 is 6.18 Å². The summed E-state index contributed by atoms with van der Waals surface area (Å²) in [5.41, 5.74) is 5.69. The molecule has 0 spiro atoms. The lowest BCUT2D eigenvalue weighted by Gasteiger charge is -2.22. The topological polar surface area (TPSA) is 71.0 Å². The Morgan fingerprint density at radius 2 is 1.46 bits per heavy atom. The van der Waals surface area contributed by atoms with Gasteiger partial charge in [-0.3, -0.25) is 14.4 Å². The summed E-state index contributed by atoms with van der Waals surface area (Å²) in [6.07, 6.45) is 0.446. The van der Waals surface area contributed by atoms with Crippen LogP contribution in [-0.2, 0) is 33.6 Å². The van der Waals surface area contributed by atoms with Gasteiger partial charge in [-0.1, -0.05) is 81.8 Å². The minimum atomic E-state index is -4.34. The number of hydroxylamine groups is 2. The molecule has 0 bridgehead atoms. The molecule has 3 aromatic carbocycles. The van der Waals surface area contributed by atoms with Gasteiger partial charge in [0.15, 0.2) is 0 Å². The van der Waals surface area contributed by atoms with Gasteiger partial charge in [0.25, 0.3) is 5.91 Å². The number of hydrogen-bond acceptors (Lipinski definition) is 4. The van der Waals surface area contributed by atoms with Crippen LogP contribution in [0.25, 0.3) is 11.1 Å². The van der Waals surface area contributed by atoms with Crippen LogP contribution < -0.4 is 5.32 Å². The molecule has 0 saturated heterocycles. The highest BCUT2D eigenvalue weighted by Gasteiger charge is 2.30. The summed E-state index contributed by atoms with van der Waals surface area (Å²) < 4.78 is 50.8. The fraction of sp³-hybridized carbons (Fsp3) is 0.425. The van der Waals surface area contributed by atoms with Crippen molar-refractivity contribution < 1.29 is 32.0 Å². The van der Waals surface area contributed by atoms with Crippen LogP contribution in [0.4, 0.5) is 17.6 Å². The SMILES string of the molecule is CC.CC(CCc1ccc(F)cc1)=NC(=O)C1=C(C)CCC1.CCNCCON(Cc1ccc(-c2ccc(C(F)(F)F)cc2)cc1)C(=O)CC. The molecule has 1 aliphatic carbocycles. The molecular weight excluding hydrogens is 646 g/mol. The van der Waals surface area contributed by atoms with Gasteiger partial charge in [-0.15, -0.1) is 0 Å². The molecule has 0 atom stereocenters. The van der Waals surface area contributed by atoms with Crippen LogP contribution in [0.2, 0.25) is 0 Å². The van der Waals surface area contributed by atoms with E-state index in [-0.39, 0.29) is 17.6 Å². The molecule has 0 radical (unpaired) electrons. The van der Waals surface area contributed by atoms with E-state index in [9.17, 15) is 27.2 Å². The van der Waals surface area contributed by atoms with E-state index in [2.05, 4.69) is 10.3 Å². The van der Waals surface area contributed by atoms with E-state index in [1.807, 2.05) is 58.9 Å². The molecule has 0 saturated carbocycles. The summed E-state index contributed by atoms with van der Waals surface area (Å²) in [7, 11) is 0. The number of nitrogens with zero attached hydrogens (tertiary/aromatic N) is 2. The van der Waals surface area contributed by atoms with E-state index in [1.165, 1.54) is 34.9 Å². The first-order chi connectivity index (χ1) is 23.9. The summed E-state index contributed by atoms with van der Waals surface area (Å²) >= 11 is 0. The zero-order valence-corrected chi connectivity index (χ0v) is 30.1. The Labute approximate surface area is 294 Å². The summed E-state index contributed by atoms with van der Waals surface area (Å²) in [5.74, 6) is -0.405. The van der Waals surface area contributed by atoms with Crippen molar-refractivity contribution in [3.63, 3.8) is 0 Å². The molecule has 6 nitrogen and oxygen atoms in total. The molecule has 10 heteroatoms. The maximum Gasteiger partial charge on any atom is 0.416 e. The van der Waals surface area contributed by atoms with Crippen LogP contribution >= 0.6 is 0 Å². The van der Waals surface area contributed by atoms with Gasteiger partial charge in [-0.25, -0.2) is 14.4 Å². The monoisotopic (exact) mass is 697 g/mol. The highest BCUT2D eigenvalue weighted by atomic mass is 19.4. The van der Waals surface area contributed by atoms with Crippen molar-refractivity contribution >= 4 is 17.5 Å². The molecule has 0 unspecified atom stereocenters. The minimum absolute atomic E-state index is 0.0726. The second kappa shape index (κ2) is 21.8. The van der Waals surface area contributed by atoms with E-state index in [4.69, 9.17) is 4.84 Å².